The topological polar surface area (TPSA) is 33.2 Å². The highest BCUT2D eigenvalue weighted by molar-refractivity contribution is 6.31. The van der Waals surface area contributed by atoms with Crippen molar-refractivity contribution >= 4 is 29.9 Å². The number of carbonyl (C=O) groups is 1. The van der Waals surface area contributed by atoms with Crippen LogP contribution in [0.15, 0.2) is 42.7 Å². The molecule has 1 amide bonds. The predicted molar refractivity (Wildman–Crippen MR) is 117 cm³/mol. The average molecular weight is 419 g/mol. The van der Waals surface area contributed by atoms with Crippen LogP contribution in [0.1, 0.15) is 44.6 Å². The number of aromatic nitrogens is 1. The molecule has 2 heterocycles. The summed E-state index contributed by atoms with van der Waals surface area (Å²) < 4.78 is 0. The lowest BCUT2D eigenvalue weighted by Gasteiger charge is -2.36. The van der Waals surface area contributed by atoms with Crippen LogP contribution >= 0.6 is 24.0 Å². The van der Waals surface area contributed by atoms with Crippen LogP contribution in [0.4, 0.5) is 0 Å². The SMILES string of the molecule is CC1CCCCC1N1CCC(Cc2ccc(-c3ccncc3)cc2Cl)C1=O.Cl. The van der Waals surface area contributed by atoms with Crippen LogP contribution < -0.4 is 0 Å². The van der Waals surface area contributed by atoms with E-state index in [0.29, 0.717) is 17.9 Å². The highest BCUT2D eigenvalue weighted by atomic mass is 35.5. The van der Waals surface area contributed by atoms with E-state index in [1.807, 2.05) is 18.2 Å². The number of hydrogen-bond donors (Lipinski definition) is 0. The summed E-state index contributed by atoms with van der Waals surface area (Å²) in [4.78, 5) is 19.3. The van der Waals surface area contributed by atoms with Crippen molar-refractivity contribution in [2.24, 2.45) is 11.8 Å². The highest BCUT2D eigenvalue weighted by Gasteiger charge is 2.38. The smallest absolute Gasteiger partial charge is 0.226 e. The van der Waals surface area contributed by atoms with Crippen LogP contribution in [0.25, 0.3) is 11.1 Å². The number of carbonyl (C=O) groups excluding carboxylic acids is 1. The molecule has 3 atom stereocenters. The molecular formula is C23H28Cl2N2O. The third kappa shape index (κ3) is 4.36. The minimum atomic E-state index is 0. The summed E-state index contributed by atoms with van der Waals surface area (Å²) in [5, 5.41) is 0.751. The zero-order valence-corrected chi connectivity index (χ0v) is 17.9. The molecule has 0 N–H and O–H groups in total. The van der Waals surface area contributed by atoms with Gasteiger partial charge in [-0.25, -0.2) is 0 Å². The van der Waals surface area contributed by atoms with Gasteiger partial charge in [-0.15, -0.1) is 12.4 Å². The van der Waals surface area contributed by atoms with Gasteiger partial charge in [0.2, 0.25) is 5.91 Å². The number of halogens is 2. The minimum Gasteiger partial charge on any atom is -0.339 e. The minimum absolute atomic E-state index is 0. The van der Waals surface area contributed by atoms with Crippen molar-refractivity contribution in [3.8, 4) is 11.1 Å². The second kappa shape index (κ2) is 9.28. The Bertz CT molecular complexity index is 812. The molecule has 2 aliphatic rings. The van der Waals surface area contributed by atoms with E-state index in [4.69, 9.17) is 11.6 Å². The number of hydrogen-bond acceptors (Lipinski definition) is 2. The maximum absolute atomic E-state index is 13.0. The number of benzene rings is 1. The molecular weight excluding hydrogens is 391 g/mol. The van der Waals surface area contributed by atoms with E-state index in [1.165, 1.54) is 25.7 Å². The maximum atomic E-state index is 13.0. The zero-order chi connectivity index (χ0) is 18.8. The molecule has 1 aliphatic carbocycles. The first kappa shape index (κ1) is 21.1. The van der Waals surface area contributed by atoms with E-state index in [2.05, 4.69) is 28.9 Å². The van der Waals surface area contributed by atoms with Crippen LogP contribution in [0.5, 0.6) is 0 Å². The van der Waals surface area contributed by atoms with Crippen LogP contribution in [0, 0.1) is 11.8 Å². The molecule has 1 aliphatic heterocycles. The Morgan fingerprint density at radius 3 is 2.54 bits per heavy atom. The molecule has 3 unspecified atom stereocenters. The molecule has 2 aromatic rings. The Hall–Kier alpha value is -1.58. The quantitative estimate of drug-likeness (QED) is 0.628. The van der Waals surface area contributed by atoms with Gasteiger partial charge in [-0.3, -0.25) is 9.78 Å². The summed E-state index contributed by atoms with van der Waals surface area (Å²) in [6.45, 7) is 3.21. The van der Waals surface area contributed by atoms with Crippen molar-refractivity contribution < 1.29 is 4.79 Å². The monoisotopic (exact) mass is 418 g/mol. The van der Waals surface area contributed by atoms with Crippen molar-refractivity contribution in [1.82, 2.24) is 9.88 Å². The van der Waals surface area contributed by atoms with Crippen molar-refractivity contribution in [2.75, 3.05) is 6.54 Å². The van der Waals surface area contributed by atoms with Crippen LogP contribution in [-0.2, 0) is 11.2 Å². The van der Waals surface area contributed by atoms with Gasteiger partial charge in [-0.1, -0.05) is 43.5 Å². The largest absolute Gasteiger partial charge is 0.339 e. The molecule has 150 valence electrons. The molecule has 1 aromatic carbocycles. The molecule has 1 saturated heterocycles. The summed E-state index contributed by atoms with van der Waals surface area (Å²) in [6, 6.07) is 10.6. The van der Waals surface area contributed by atoms with Gasteiger partial charge in [0.15, 0.2) is 0 Å². The Balaban J connectivity index is 0.00000225. The third-order valence-corrected chi connectivity index (χ3v) is 6.70. The van der Waals surface area contributed by atoms with Crippen molar-refractivity contribution in [3.63, 3.8) is 0 Å². The van der Waals surface area contributed by atoms with Gasteiger partial charge in [0, 0.05) is 35.9 Å². The summed E-state index contributed by atoms with van der Waals surface area (Å²) in [5.41, 5.74) is 3.26. The van der Waals surface area contributed by atoms with E-state index in [1.54, 1.807) is 12.4 Å². The van der Waals surface area contributed by atoms with Gasteiger partial charge < -0.3 is 4.90 Å². The van der Waals surface area contributed by atoms with Gasteiger partial charge >= 0.3 is 0 Å². The lowest BCUT2D eigenvalue weighted by molar-refractivity contribution is -0.134. The molecule has 5 heteroatoms. The number of pyridine rings is 1. The van der Waals surface area contributed by atoms with Gasteiger partial charge in [0.25, 0.3) is 0 Å². The fraction of sp³-hybridized carbons (Fsp3) is 0.478. The maximum Gasteiger partial charge on any atom is 0.226 e. The van der Waals surface area contributed by atoms with E-state index in [9.17, 15) is 4.79 Å². The number of amides is 1. The summed E-state index contributed by atoms with van der Waals surface area (Å²) >= 11 is 6.57. The third-order valence-electron chi connectivity index (χ3n) is 6.35. The first-order chi connectivity index (χ1) is 13.1. The van der Waals surface area contributed by atoms with E-state index in [-0.39, 0.29) is 18.3 Å². The molecule has 4 rings (SSSR count). The number of likely N-dealkylation sites (tertiary alicyclic amines) is 1. The Kier molecular flexibility index (Phi) is 7.00. The zero-order valence-electron chi connectivity index (χ0n) is 16.3. The average Bonchev–Trinajstić information content (AvgIpc) is 3.05. The predicted octanol–water partition coefficient (Wildman–Crippen LogP) is 5.79. The lowest BCUT2D eigenvalue weighted by atomic mass is 9.85. The molecule has 0 radical (unpaired) electrons. The second-order valence-corrected chi connectivity index (χ2v) is 8.50. The van der Waals surface area contributed by atoms with Crippen molar-refractivity contribution in [3.05, 3.63) is 53.3 Å². The van der Waals surface area contributed by atoms with Crippen LogP contribution in [0.3, 0.4) is 0 Å². The Morgan fingerprint density at radius 2 is 1.82 bits per heavy atom. The fourth-order valence-electron chi connectivity index (χ4n) is 4.74. The number of nitrogens with zero attached hydrogens (tertiary/aromatic N) is 2. The summed E-state index contributed by atoms with van der Waals surface area (Å²) in [5.74, 6) is 1.04. The standard InChI is InChI=1S/C23H27ClN2O.ClH/c1-16-4-2-3-5-22(16)26-13-10-20(23(26)27)14-19-7-6-18(15-21(19)24)17-8-11-25-12-9-17;/h6-9,11-12,15-16,20,22H,2-5,10,13-14H2,1H3;1H. The van der Waals surface area contributed by atoms with Gasteiger partial charge in [-0.2, -0.15) is 0 Å². The molecule has 3 nitrogen and oxygen atoms in total. The fourth-order valence-corrected chi connectivity index (χ4v) is 5.00. The lowest BCUT2D eigenvalue weighted by Crippen LogP contribution is -2.43. The molecule has 1 saturated carbocycles. The normalized spacial score (nSPS) is 24.9. The first-order valence-corrected chi connectivity index (χ1v) is 10.5. The van der Waals surface area contributed by atoms with Crippen molar-refractivity contribution in [2.45, 2.75) is 51.5 Å². The molecule has 2 fully saturated rings. The second-order valence-electron chi connectivity index (χ2n) is 8.09. The molecule has 0 bridgehead atoms. The summed E-state index contributed by atoms with van der Waals surface area (Å²) in [7, 11) is 0. The molecule has 28 heavy (non-hydrogen) atoms. The van der Waals surface area contributed by atoms with E-state index in [0.717, 1.165) is 41.1 Å². The van der Waals surface area contributed by atoms with E-state index < -0.39 is 0 Å². The van der Waals surface area contributed by atoms with Gasteiger partial charge in [0.1, 0.15) is 0 Å². The van der Waals surface area contributed by atoms with Gasteiger partial charge in [-0.05, 0) is 66.5 Å². The molecule has 0 spiro atoms. The molecule has 1 aromatic heterocycles. The summed E-state index contributed by atoms with van der Waals surface area (Å²) in [6.07, 6.45) is 10.2. The van der Waals surface area contributed by atoms with Gasteiger partial charge in [0.05, 0.1) is 0 Å². The van der Waals surface area contributed by atoms with Crippen LogP contribution in [0.2, 0.25) is 5.02 Å². The highest BCUT2D eigenvalue weighted by Crippen LogP contribution is 2.34. The van der Waals surface area contributed by atoms with Crippen LogP contribution in [-0.4, -0.2) is 28.4 Å². The van der Waals surface area contributed by atoms with Crippen molar-refractivity contribution in [1.29, 1.82) is 0 Å². The Labute approximate surface area is 178 Å². The van der Waals surface area contributed by atoms with E-state index >= 15 is 0 Å². The number of rotatable bonds is 4. The first-order valence-electron chi connectivity index (χ1n) is 10.1. The Morgan fingerprint density at radius 1 is 1.07 bits per heavy atom.